The molecule has 9 heteroatoms. The van der Waals surface area contributed by atoms with Crippen molar-refractivity contribution < 1.29 is 13.2 Å². The molecular weight excluding hydrogens is 376 g/mol. The van der Waals surface area contributed by atoms with E-state index in [1.807, 2.05) is 6.92 Å². The molecule has 1 aliphatic heterocycles. The zero-order chi connectivity index (χ0) is 18.6. The first-order valence-electron chi connectivity index (χ1n) is 8.60. The van der Waals surface area contributed by atoms with E-state index in [1.54, 1.807) is 12.1 Å². The maximum absolute atomic E-state index is 12.6. The minimum absolute atomic E-state index is 0. The minimum Gasteiger partial charge on any atom is -0.384 e. The van der Waals surface area contributed by atoms with E-state index in [0.717, 1.165) is 29.4 Å². The highest BCUT2D eigenvalue weighted by Crippen LogP contribution is 2.28. The molecule has 148 valence electrons. The predicted octanol–water partition coefficient (Wildman–Crippen LogP) is 2.12. The Hall–Kier alpha value is -1.35. The highest BCUT2D eigenvalue weighted by molar-refractivity contribution is 7.89. The van der Waals surface area contributed by atoms with E-state index >= 15 is 0 Å². The third-order valence-electron chi connectivity index (χ3n) is 4.39. The van der Waals surface area contributed by atoms with Gasteiger partial charge in [-0.05, 0) is 51.4 Å². The first-order chi connectivity index (χ1) is 11.8. The van der Waals surface area contributed by atoms with E-state index in [4.69, 9.17) is 0 Å². The van der Waals surface area contributed by atoms with Gasteiger partial charge in [-0.25, -0.2) is 12.7 Å². The molecule has 3 N–H and O–H groups in total. The Kier molecular flexibility index (Phi) is 8.33. The average Bonchev–Trinajstić information content (AvgIpc) is 2.56. The Morgan fingerprint density at radius 2 is 2.00 bits per heavy atom. The van der Waals surface area contributed by atoms with Crippen molar-refractivity contribution >= 4 is 39.7 Å². The normalized spacial score (nSPS) is 20.3. The van der Waals surface area contributed by atoms with Crippen molar-refractivity contribution in [2.45, 2.75) is 37.6 Å². The molecule has 26 heavy (non-hydrogen) atoms. The topological polar surface area (TPSA) is 90.5 Å². The van der Waals surface area contributed by atoms with E-state index in [1.165, 1.54) is 20.2 Å². The van der Waals surface area contributed by atoms with Gasteiger partial charge in [0.25, 0.3) is 0 Å². The molecular formula is C17H29ClN4O3S. The molecule has 0 saturated carbocycles. The Morgan fingerprint density at radius 3 is 2.58 bits per heavy atom. The summed E-state index contributed by atoms with van der Waals surface area (Å²) in [5.74, 6) is -0.133. The van der Waals surface area contributed by atoms with Crippen LogP contribution in [0.5, 0.6) is 0 Å². The summed E-state index contributed by atoms with van der Waals surface area (Å²) in [4.78, 5) is 12.8. The second kappa shape index (κ2) is 9.55. The van der Waals surface area contributed by atoms with Crippen molar-refractivity contribution in [2.75, 3.05) is 37.8 Å². The smallest absolute Gasteiger partial charge is 0.242 e. The predicted molar refractivity (Wildman–Crippen MR) is 108 cm³/mol. The first kappa shape index (κ1) is 22.7. The SMILES string of the molecule is CCNc1ccc(S(=O)(=O)N(C)C)cc1NC(=O)[C@H]1CCN[C@@H](C)C1.Cl. The van der Waals surface area contributed by atoms with Gasteiger partial charge in [0.15, 0.2) is 0 Å². The van der Waals surface area contributed by atoms with Crippen LogP contribution in [-0.4, -0.2) is 51.9 Å². The average molecular weight is 405 g/mol. The van der Waals surface area contributed by atoms with E-state index in [0.29, 0.717) is 18.3 Å². The quantitative estimate of drug-likeness (QED) is 0.675. The van der Waals surface area contributed by atoms with Gasteiger partial charge in [0.05, 0.1) is 16.3 Å². The molecule has 1 amide bonds. The molecule has 2 rings (SSSR count). The summed E-state index contributed by atoms with van der Waals surface area (Å²) in [6.07, 6.45) is 1.56. The third-order valence-corrected chi connectivity index (χ3v) is 6.20. The number of carbonyl (C=O) groups is 1. The molecule has 1 aliphatic rings. The van der Waals surface area contributed by atoms with Gasteiger partial charge < -0.3 is 16.0 Å². The number of sulfonamides is 1. The van der Waals surface area contributed by atoms with Gasteiger partial charge in [-0.1, -0.05) is 0 Å². The van der Waals surface area contributed by atoms with E-state index in [-0.39, 0.29) is 29.1 Å². The van der Waals surface area contributed by atoms with Crippen LogP contribution in [-0.2, 0) is 14.8 Å². The number of benzene rings is 1. The number of halogens is 1. The summed E-state index contributed by atoms with van der Waals surface area (Å²) in [6.45, 7) is 5.50. The van der Waals surface area contributed by atoms with Crippen molar-refractivity contribution in [1.82, 2.24) is 9.62 Å². The Labute approximate surface area is 162 Å². The standard InChI is InChI=1S/C17H28N4O3S.ClH/c1-5-18-15-7-6-14(25(23,24)21(3)4)11-16(15)20-17(22)13-8-9-19-12(2)10-13;/h6-7,11-13,18-19H,5,8-10H2,1-4H3,(H,20,22);1H/t12-,13-;/m0./s1. The summed E-state index contributed by atoms with van der Waals surface area (Å²) < 4.78 is 25.9. The minimum atomic E-state index is -3.56. The zero-order valence-corrected chi connectivity index (χ0v) is 17.3. The maximum atomic E-state index is 12.6. The van der Waals surface area contributed by atoms with Crippen molar-refractivity contribution in [2.24, 2.45) is 5.92 Å². The fourth-order valence-corrected chi connectivity index (χ4v) is 3.88. The number of amides is 1. The molecule has 0 unspecified atom stereocenters. The van der Waals surface area contributed by atoms with Crippen molar-refractivity contribution in [3.63, 3.8) is 0 Å². The van der Waals surface area contributed by atoms with E-state index < -0.39 is 10.0 Å². The molecule has 2 atom stereocenters. The first-order valence-corrected chi connectivity index (χ1v) is 10.0. The molecule has 7 nitrogen and oxygen atoms in total. The van der Waals surface area contributed by atoms with Crippen LogP contribution in [0.25, 0.3) is 0 Å². The van der Waals surface area contributed by atoms with Gasteiger partial charge in [-0.3, -0.25) is 4.79 Å². The molecule has 1 heterocycles. The van der Waals surface area contributed by atoms with E-state index in [9.17, 15) is 13.2 Å². The van der Waals surface area contributed by atoms with Crippen LogP contribution >= 0.6 is 12.4 Å². The van der Waals surface area contributed by atoms with Crippen molar-refractivity contribution in [3.8, 4) is 0 Å². The molecule has 1 aromatic rings. The summed E-state index contributed by atoms with van der Waals surface area (Å²) in [5.41, 5.74) is 1.22. The summed E-state index contributed by atoms with van der Waals surface area (Å²) >= 11 is 0. The molecule has 0 aromatic heterocycles. The second-order valence-corrected chi connectivity index (χ2v) is 8.74. The maximum Gasteiger partial charge on any atom is 0.242 e. The summed E-state index contributed by atoms with van der Waals surface area (Å²) in [7, 11) is -0.580. The van der Waals surface area contributed by atoms with Crippen LogP contribution in [0.4, 0.5) is 11.4 Å². The van der Waals surface area contributed by atoms with Gasteiger partial charge in [0.2, 0.25) is 15.9 Å². The monoisotopic (exact) mass is 404 g/mol. The lowest BCUT2D eigenvalue weighted by Gasteiger charge is -2.27. The molecule has 0 bridgehead atoms. The van der Waals surface area contributed by atoms with Crippen LogP contribution < -0.4 is 16.0 Å². The molecule has 0 spiro atoms. The Balaban J connectivity index is 0.00000338. The lowest BCUT2D eigenvalue weighted by Crippen LogP contribution is -2.40. The number of piperidine rings is 1. The van der Waals surface area contributed by atoms with Gasteiger partial charge in [0, 0.05) is 32.6 Å². The van der Waals surface area contributed by atoms with Crippen LogP contribution in [0.15, 0.2) is 23.1 Å². The molecule has 1 saturated heterocycles. The van der Waals surface area contributed by atoms with Gasteiger partial charge in [-0.2, -0.15) is 0 Å². The van der Waals surface area contributed by atoms with Gasteiger partial charge >= 0.3 is 0 Å². The number of hydrogen-bond donors (Lipinski definition) is 3. The number of hydrogen-bond acceptors (Lipinski definition) is 5. The number of carbonyl (C=O) groups excluding carboxylic acids is 1. The van der Waals surface area contributed by atoms with Crippen LogP contribution in [0, 0.1) is 5.92 Å². The van der Waals surface area contributed by atoms with Crippen molar-refractivity contribution in [3.05, 3.63) is 18.2 Å². The van der Waals surface area contributed by atoms with Gasteiger partial charge in [-0.15, -0.1) is 12.4 Å². The van der Waals surface area contributed by atoms with Crippen LogP contribution in [0.2, 0.25) is 0 Å². The molecule has 1 aromatic carbocycles. The highest BCUT2D eigenvalue weighted by Gasteiger charge is 2.26. The van der Waals surface area contributed by atoms with Crippen molar-refractivity contribution in [1.29, 1.82) is 0 Å². The molecule has 0 aliphatic carbocycles. The summed E-state index contributed by atoms with van der Waals surface area (Å²) in [6, 6.07) is 5.07. The van der Waals surface area contributed by atoms with Gasteiger partial charge in [0.1, 0.15) is 0 Å². The zero-order valence-electron chi connectivity index (χ0n) is 15.7. The Morgan fingerprint density at radius 1 is 1.31 bits per heavy atom. The molecule has 1 fully saturated rings. The summed E-state index contributed by atoms with van der Waals surface area (Å²) in [5, 5.41) is 9.42. The number of anilines is 2. The molecule has 0 radical (unpaired) electrons. The number of rotatable bonds is 6. The number of nitrogens with one attached hydrogen (secondary N) is 3. The largest absolute Gasteiger partial charge is 0.384 e. The Bertz CT molecular complexity index is 725. The van der Waals surface area contributed by atoms with Crippen LogP contribution in [0.1, 0.15) is 26.7 Å². The lowest BCUT2D eigenvalue weighted by atomic mass is 9.92. The number of nitrogens with zero attached hydrogens (tertiary/aromatic N) is 1. The fraction of sp³-hybridized carbons (Fsp3) is 0.588. The fourth-order valence-electron chi connectivity index (χ4n) is 2.95. The lowest BCUT2D eigenvalue weighted by molar-refractivity contribution is -0.120. The third kappa shape index (κ3) is 5.33. The van der Waals surface area contributed by atoms with E-state index in [2.05, 4.69) is 22.9 Å². The highest BCUT2D eigenvalue weighted by atomic mass is 35.5. The van der Waals surface area contributed by atoms with Crippen LogP contribution in [0.3, 0.4) is 0 Å². The second-order valence-electron chi connectivity index (χ2n) is 6.59.